The molecule has 2 bridgehead atoms. The van der Waals surface area contributed by atoms with Gasteiger partial charge in [0.2, 0.25) is 0 Å². The number of amides is 2. The van der Waals surface area contributed by atoms with Crippen LogP contribution >= 0.6 is 0 Å². The minimum absolute atomic E-state index is 0.224. The summed E-state index contributed by atoms with van der Waals surface area (Å²) in [6.07, 6.45) is 8.19. The molecular formula is C24H34N2O3. The lowest BCUT2D eigenvalue weighted by Crippen LogP contribution is -2.43. The molecule has 1 aliphatic heterocycles. The second kappa shape index (κ2) is 8.00. The van der Waals surface area contributed by atoms with Crippen LogP contribution in [0.5, 0.6) is 0 Å². The fourth-order valence-corrected chi connectivity index (χ4v) is 6.37. The fraction of sp³-hybridized carbons (Fsp3) is 0.667. The molecule has 29 heavy (non-hydrogen) atoms. The molecule has 1 aromatic carbocycles. The van der Waals surface area contributed by atoms with Gasteiger partial charge in [0.15, 0.2) is 0 Å². The highest BCUT2D eigenvalue weighted by Gasteiger charge is 2.41. The van der Waals surface area contributed by atoms with Crippen molar-refractivity contribution in [3.8, 4) is 0 Å². The number of carbonyl (C=O) groups excluding carboxylic acids is 2. The summed E-state index contributed by atoms with van der Waals surface area (Å²) in [6.45, 7) is 5.41. The van der Waals surface area contributed by atoms with E-state index >= 15 is 0 Å². The van der Waals surface area contributed by atoms with E-state index in [-0.39, 0.29) is 17.4 Å². The second-order valence-corrected chi connectivity index (χ2v) is 9.90. The van der Waals surface area contributed by atoms with Crippen LogP contribution in [-0.2, 0) is 14.9 Å². The quantitative estimate of drug-likeness (QED) is 0.732. The number of hydrogen-bond acceptors (Lipinski definition) is 3. The first-order valence-corrected chi connectivity index (χ1v) is 11.1. The third kappa shape index (κ3) is 4.15. The van der Waals surface area contributed by atoms with Gasteiger partial charge in [-0.15, -0.1) is 0 Å². The summed E-state index contributed by atoms with van der Waals surface area (Å²) in [4.78, 5) is 26.1. The molecule has 0 radical (unpaired) electrons. The Balaban J connectivity index is 1.42. The second-order valence-electron chi connectivity index (χ2n) is 9.90. The lowest BCUT2D eigenvalue weighted by molar-refractivity contribution is -0.144. The van der Waals surface area contributed by atoms with Gasteiger partial charge in [0.05, 0.1) is 7.11 Å². The molecule has 2 aliphatic carbocycles. The minimum Gasteiger partial charge on any atom is -0.467 e. The summed E-state index contributed by atoms with van der Waals surface area (Å²) in [6, 6.07) is 7.69. The summed E-state index contributed by atoms with van der Waals surface area (Å²) in [5.41, 5.74) is 2.40. The molecule has 1 aromatic rings. The molecule has 5 heteroatoms. The molecule has 2 amide bonds. The zero-order valence-corrected chi connectivity index (χ0v) is 17.9. The fourth-order valence-electron chi connectivity index (χ4n) is 6.37. The first kappa shape index (κ1) is 20.2. The molecule has 4 rings (SSSR count). The normalized spacial score (nSPS) is 34.0. The summed E-state index contributed by atoms with van der Waals surface area (Å²) in [7, 11) is 1.37. The Kier molecular flexibility index (Phi) is 5.58. The Morgan fingerprint density at radius 1 is 1.10 bits per heavy atom. The number of benzene rings is 1. The number of fused-ring (bicyclic) bond motifs is 2. The molecule has 1 saturated heterocycles. The molecular weight excluding hydrogens is 364 g/mol. The smallest absolute Gasteiger partial charge is 0.328 e. The maximum Gasteiger partial charge on any atom is 0.328 e. The van der Waals surface area contributed by atoms with Gasteiger partial charge in [-0.2, -0.15) is 0 Å². The van der Waals surface area contributed by atoms with E-state index in [0.717, 1.165) is 29.9 Å². The van der Waals surface area contributed by atoms with Crippen LogP contribution in [0.15, 0.2) is 24.3 Å². The lowest BCUT2D eigenvalue weighted by Gasteiger charge is -2.47. The minimum atomic E-state index is -0.470. The number of urea groups is 1. The highest BCUT2D eigenvalue weighted by Crippen LogP contribution is 2.51. The molecule has 3 unspecified atom stereocenters. The van der Waals surface area contributed by atoms with Crippen molar-refractivity contribution in [2.24, 2.45) is 17.8 Å². The average Bonchev–Trinajstić information content (AvgIpc) is 3.16. The van der Waals surface area contributed by atoms with Gasteiger partial charge in [-0.1, -0.05) is 26.0 Å². The first-order valence-electron chi connectivity index (χ1n) is 11.1. The van der Waals surface area contributed by atoms with Crippen molar-refractivity contribution < 1.29 is 14.3 Å². The molecule has 0 spiro atoms. The van der Waals surface area contributed by atoms with E-state index in [9.17, 15) is 9.59 Å². The van der Waals surface area contributed by atoms with Crippen LogP contribution in [-0.4, -0.2) is 36.6 Å². The van der Waals surface area contributed by atoms with Crippen LogP contribution in [0.3, 0.4) is 0 Å². The molecule has 2 saturated carbocycles. The van der Waals surface area contributed by atoms with Gasteiger partial charge in [0.25, 0.3) is 0 Å². The maximum atomic E-state index is 12.7. The number of anilines is 1. The topological polar surface area (TPSA) is 58.6 Å². The Hall–Kier alpha value is -2.04. The van der Waals surface area contributed by atoms with Gasteiger partial charge >= 0.3 is 12.0 Å². The number of likely N-dealkylation sites (tertiary alicyclic amines) is 1. The van der Waals surface area contributed by atoms with Crippen LogP contribution in [0, 0.1) is 17.8 Å². The van der Waals surface area contributed by atoms with Gasteiger partial charge < -0.3 is 15.0 Å². The number of carbonyl (C=O) groups is 2. The van der Waals surface area contributed by atoms with Crippen molar-refractivity contribution >= 4 is 17.7 Å². The van der Waals surface area contributed by atoms with E-state index in [4.69, 9.17) is 4.74 Å². The van der Waals surface area contributed by atoms with Gasteiger partial charge in [-0.25, -0.2) is 9.59 Å². The molecule has 3 aliphatic rings. The van der Waals surface area contributed by atoms with Crippen molar-refractivity contribution in [3.63, 3.8) is 0 Å². The van der Waals surface area contributed by atoms with Gasteiger partial charge in [0, 0.05) is 12.2 Å². The Labute approximate surface area is 174 Å². The lowest BCUT2D eigenvalue weighted by atomic mass is 9.57. The summed E-state index contributed by atoms with van der Waals surface area (Å²) >= 11 is 0. The number of nitrogens with zero attached hydrogens (tertiary/aromatic N) is 1. The predicted molar refractivity (Wildman–Crippen MR) is 114 cm³/mol. The molecule has 158 valence electrons. The van der Waals surface area contributed by atoms with E-state index < -0.39 is 6.04 Å². The maximum absolute atomic E-state index is 12.7. The number of esters is 1. The van der Waals surface area contributed by atoms with Crippen molar-refractivity contribution in [2.45, 2.75) is 70.3 Å². The molecule has 0 aromatic heterocycles. The van der Waals surface area contributed by atoms with Crippen LogP contribution in [0.2, 0.25) is 0 Å². The van der Waals surface area contributed by atoms with Gasteiger partial charge in [-0.3, -0.25) is 0 Å². The van der Waals surface area contributed by atoms with Crippen LogP contribution in [0.25, 0.3) is 0 Å². The molecule has 3 fully saturated rings. The number of rotatable bonds is 3. The number of methoxy groups -OCH3 is 1. The Morgan fingerprint density at radius 2 is 1.76 bits per heavy atom. The van der Waals surface area contributed by atoms with E-state index in [0.29, 0.717) is 13.0 Å². The predicted octanol–water partition coefficient (Wildman–Crippen LogP) is 4.96. The zero-order chi connectivity index (χ0) is 20.6. The van der Waals surface area contributed by atoms with Crippen molar-refractivity contribution in [1.82, 2.24) is 4.90 Å². The summed E-state index contributed by atoms with van der Waals surface area (Å²) in [5.74, 6) is 2.25. The van der Waals surface area contributed by atoms with Crippen molar-refractivity contribution in [3.05, 3.63) is 29.8 Å². The average molecular weight is 399 g/mol. The Bertz CT molecular complexity index is 742. The third-order valence-corrected chi connectivity index (χ3v) is 7.44. The molecule has 5 nitrogen and oxygen atoms in total. The highest BCUT2D eigenvalue weighted by atomic mass is 16.5. The monoisotopic (exact) mass is 398 g/mol. The van der Waals surface area contributed by atoms with E-state index in [2.05, 4.69) is 31.3 Å². The SMILES string of the molecule is COC(=O)C1CCCN1C(=O)Nc1ccc(C2(C)CC3CC(C)CC(C3)C2)cc1. The van der Waals surface area contributed by atoms with Gasteiger partial charge in [0.1, 0.15) is 6.04 Å². The number of ether oxygens (including phenoxy) is 1. The summed E-state index contributed by atoms with van der Waals surface area (Å²) < 4.78 is 4.84. The highest BCUT2D eigenvalue weighted by molar-refractivity contribution is 5.93. The van der Waals surface area contributed by atoms with Crippen LogP contribution in [0.4, 0.5) is 10.5 Å². The van der Waals surface area contributed by atoms with Crippen molar-refractivity contribution in [2.75, 3.05) is 19.0 Å². The standard InChI is InChI=1S/C24H34N2O3/c1-16-11-17-13-18(12-16)15-24(2,14-17)19-6-8-20(9-7-19)25-23(28)26-10-4-5-21(26)22(27)29-3/h6-9,16-18,21H,4-5,10-15H2,1-3H3,(H,25,28). The van der Waals surface area contributed by atoms with Crippen molar-refractivity contribution in [1.29, 1.82) is 0 Å². The summed E-state index contributed by atoms with van der Waals surface area (Å²) in [5, 5.41) is 2.96. The van der Waals surface area contributed by atoms with E-state index in [1.807, 2.05) is 12.1 Å². The molecule has 1 N–H and O–H groups in total. The van der Waals surface area contributed by atoms with E-state index in [1.165, 1.54) is 44.8 Å². The van der Waals surface area contributed by atoms with Crippen LogP contribution < -0.4 is 5.32 Å². The first-order chi connectivity index (χ1) is 13.9. The molecule has 3 atom stereocenters. The third-order valence-electron chi connectivity index (χ3n) is 7.44. The largest absolute Gasteiger partial charge is 0.467 e. The zero-order valence-electron chi connectivity index (χ0n) is 17.9. The molecule has 1 heterocycles. The van der Waals surface area contributed by atoms with Crippen LogP contribution in [0.1, 0.15) is 64.4 Å². The van der Waals surface area contributed by atoms with Gasteiger partial charge in [-0.05, 0) is 85.8 Å². The number of nitrogens with one attached hydrogen (secondary N) is 1. The number of hydrogen-bond donors (Lipinski definition) is 1. The Morgan fingerprint density at radius 3 is 2.38 bits per heavy atom. The van der Waals surface area contributed by atoms with E-state index in [1.54, 1.807) is 4.90 Å².